The lowest BCUT2D eigenvalue weighted by atomic mass is 10.2. The maximum Gasteiger partial charge on any atom is 0.228 e. The van der Waals surface area contributed by atoms with Crippen molar-refractivity contribution in [3.05, 3.63) is 41.2 Å². The van der Waals surface area contributed by atoms with E-state index < -0.39 is 0 Å². The van der Waals surface area contributed by atoms with Crippen LogP contribution in [-0.2, 0) is 0 Å². The average molecular weight is 288 g/mol. The molecular formula is C14H16N4OS. The third kappa shape index (κ3) is 3.21. The standard InChI is InChI=1S/C14H16N4OS/c1-8-6-10(19-3)4-5-11(8)17-14-16-9(2)7-12(18-14)13(15)20/h4-7H,1-3H3,(H2,15,20)(H,16,17,18). The van der Waals surface area contributed by atoms with Gasteiger partial charge in [-0.15, -0.1) is 0 Å². The van der Waals surface area contributed by atoms with E-state index in [-0.39, 0.29) is 4.99 Å². The molecule has 0 saturated heterocycles. The lowest BCUT2D eigenvalue weighted by Crippen LogP contribution is -2.14. The lowest BCUT2D eigenvalue weighted by molar-refractivity contribution is 0.414. The molecule has 0 unspecified atom stereocenters. The first-order valence-corrected chi connectivity index (χ1v) is 6.47. The Balaban J connectivity index is 2.32. The summed E-state index contributed by atoms with van der Waals surface area (Å²) in [5.41, 5.74) is 8.91. The fourth-order valence-electron chi connectivity index (χ4n) is 1.77. The first-order valence-electron chi connectivity index (χ1n) is 6.06. The molecule has 0 radical (unpaired) electrons. The van der Waals surface area contributed by atoms with Gasteiger partial charge in [-0.1, -0.05) is 12.2 Å². The van der Waals surface area contributed by atoms with E-state index in [1.54, 1.807) is 13.2 Å². The fraction of sp³-hybridized carbons (Fsp3) is 0.214. The minimum atomic E-state index is 0.255. The average Bonchev–Trinajstić information content (AvgIpc) is 2.40. The zero-order valence-corrected chi connectivity index (χ0v) is 12.4. The van der Waals surface area contributed by atoms with Crippen LogP contribution in [0.15, 0.2) is 24.3 Å². The highest BCUT2D eigenvalue weighted by Gasteiger charge is 2.07. The van der Waals surface area contributed by atoms with Crippen LogP contribution in [0.1, 0.15) is 17.0 Å². The van der Waals surface area contributed by atoms with Gasteiger partial charge >= 0.3 is 0 Å². The smallest absolute Gasteiger partial charge is 0.228 e. The number of benzene rings is 1. The second-order valence-electron chi connectivity index (χ2n) is 4.39. The van der Waals surface area contributed by atoms with Crippen molar-refractivity contribution in [2.24, 2.45) is 5.73 Å². The van der Waals surface area contributed by atoms with E-state index in [1.807, 2.05) is 32.0 Å². The molecular weight excluding hydrogens is 272 g/mol. The SMILES string of the molecule is COc1ccc(Nc2nc(C)cc(C(N)=S)n2)c(C)c1. The molecule has 1 aromatic carbocycles. The molecule has 3 N–H and O–H groups in total. The first kappa shape index (κ1) is 14.2. The van der Waals surface area contributed by atoms with Gasteiger partial charge in [-0.3, -0.25) is 0 Å². The highest BCUT2D eigenvalue weighted by molar-refractivity contribution is 7.80. The van der Waals surface area contributed by atoms with Crippen LogP contribution in [0.5, 0.6) is 5.75 Å². The maximum atomic E-state index is 5.61. The summed E-state index contributed by atoms with van der Waals surface area (Å²) < 4.78 is 5.18. The monoisotopic (exact) mass is 288 g/mol. The van der Waals surface area contributed by atoms with Crippen molar-refractivity contribution < 1.29 is 4.74 Å². The number of rotatable bonds is 4. The number of aromatic nitrogens is 2. The molecule has 0 spiro atoms. The van der Waals surface area contributed by atoms with Crippen LogP contribution in [-0.4, -0.2) is 22.1 Å². The number of aryl methyl sites for hydroxylation is 2. The van der Waals surface area contributed by atoms with Gasteiger partial charge in [0.1, 0.15) is 16.4 Å². The fourth-order valence-corrected chi connectivity index (χ4v) is 1.88. The van der Waals surface area contributed by atoms with Crippen LogP contribution in [0.4, 0.5) is 11.6 Å². The molecule has 0 atom stereocenters. The van der Waals surface area contributed by atoms with Gasteiger partial charge in [0.25, 0.3) is 0 Å². The second kappa shape index (κ2) is 5.83. The molecule has 104 valence electrons. The first-order chi connectivity index (χ1) is 9.49. The number of nitrogens with one attached hydrogen (secondary N) is 1. The normalized spacial score (nSPS) is 10.2. The Bertz CT molecular complexity index is 658. The number of hydrogen-bond acceptors (Lipinski definition) is 5. The van der Waals surface area contributed by atoms with Crippen molar-refractivity contribution in [3.63, 3.8) is 0 Å². The van der Waals surface area contributed by atoms with Crippen LogP contribution < -0.4 is 15.8 Å². The highest BCUT2D eigenvalue weighted by atomic mass is 32.1. The van der Waals surface area contributed by atoms with Gasteiger partial charge in [-0.05, 0) is 43.7 Å². The summed E-state index contributed by atoms with van der Waals surface area (Å²) in [6.07, 6.45) is 0. The van der Waals surface area contributed by atoms with E-state index in [2.05, 4.69) is 15.3 Å². The van der Waals surface area contributed by atoms with Crippen LogP contribution in [0.3, 0.4) is 0 Å². The summed E-state index contributed by atoms with van der Waals surface area (Å²) in [4.78, 5) is 8.87. The quantitative estimate of drug-likeness (QED) is 0.842. The zero-order chi connectivity index (χ0) is 14.7. The van der Waals surface area contributed by atoms with E-state index in [0.29, 0.717) is 11.6 Å². The molecule has 2 rings (SSSR count). The predicted molar refractivity (Wildman–Crippen MR) is 83.7 cm³/mol. The molecule has 5 nitrogen and oxygen atoms in total. The number of nitrogens with two attached hydrogens (primary N) is 1. The Hall–Kier alpha value is -2.21. The second-order valence-corrected chi connectivity index (χ2v) is 4.83. The van der Waals surface area contributed by atoms with Gasteiger partial charge in [0, 0.05) is 11.4 Å². The van der Waals surface area contributed by atoms with E-state index in [9.17, 15) is 0 Å². The topological polar surface area (TPSA) is 73.1 Å². The molecule has 0 aliphatic rings. The van der Waals surface area contributed by atoms with E-state index >= 15 is 0 Å². The van der Waals surface area contributed by atoms with Crippen molar-refractivity contribution >= 4 is 28.8 Å². The molecule has 0 amide bonds. The van der Waals surface area contributed by atoms with E-state index in [1.165, 1.54) is 0 Å². The summed E-state index contributed by atoms with van der Waals surface area (Å²) in [6, 6.07) is 7.49. The molecule has 20 heavy (non-hydrogen) atoms. The van der Waals surface area contributed by atoms with Crippen LogP contribution >= 0.6 is 12.2 Å². The van der Waals surface area contributed by atoms with Gasteiger partial charge in [-0.2, -0.15) is 0 Å². The van der Waals surface area contributed by atoms with Crippen molar-refractivity contribution in [3.8, 4) is 5.75 Å². The van der Waals surface area contributed by atoms with Crippen LogP contribution in [0, 0.1) is 13.8 Å². The Morgan fingerprint density at radius 1 is 1.25 bits per heavy atom. The lowest BCUT2D eigenvalue weighted by Gasteiger charge is -2.11. The molecule has 0 bridgehead atoms. The Morgan fingerprint density at radius 3 is 2.60 bits per heavy atom. The predicted octanol–water partition coefficient (Wildman–Crippen LogP) is 2.48. The highest BCUT2D eigenvalue weighted by Crippen LogP contribution is 2.23. The number of nitrogens with zero attached hydrogens (tertiary/aromatic N) is 2. The van der Waals surface area contributed by atoms with Gasteiger partial charge < -0.3 is 15.8 Å². The Morgan fingerprint density at radius 2 is 2.00 bits per heavy atom. The van der Waals surface area contributed by atoms with Gasteiger partial charge in [0.2, 0.25) is 5.95 Å². The van der Waals surface area contributed by atoms with E-state index in [0.717, 1.165) is 22.7 Å². The van der Waals surface area contributed by atoms with Crippen molar-refractivity contribution in [2.45, 2.75) is 13.8 Å². The minimum Gasteiger partial charge on any atom is -0.497 e. The Labute approximate surface area is 123 Å². The van der Waals surface area contributed by atoms with Crippen molar-refractivity contribution in [1.29, 1.82) is 0 Å². The molecule has 0 saturated carbocycles. The maximum absolute atomic E-state index is 5.61. The molecule has 1 aromatic heterocycles. The largest absolute Gasteiger partial charge is 0.497 e. The third-order valence-corrected chi connectivity index (χ3v) is 3.00. The summed E-state index contributed by atoms with van der Waals surface area (Å²) >= 11 is 4.95. The summed E-state index contributed by atoms with van der Waals surface area (Å²) in [5, 5.41) is 3.17. The van der Waals surface area contributed by atoms with Gasteiger partial charge in [0.05, 0.1) is 7.11 Å². The number of hydrogen-bond donors (Lipinski definition) is 2. The van der Waals surface area contributed by atoms with Crippen molar-refractivity contribution in [1.82, 2.24) is 9.97 Å². The van der Waals surface area contributed by atoms with Gasteiger partial charge in [0.15, 0.2) is 0 Å². The zero-order valence-electron chi connectivity index (χ0n) is 11.6. The minimum absolute atomic E-state index is 0.255. The summed E-state index contributed by atoms with van der Waals surface area (Å²) in [5.74, 6) is 1.28. The summed E-state index contributed by atoms with van der Waals surface area (Å²) in [6.45, 7) is 3.85. The van der Waals surface area contributed by atoms with E-state index in [4.69, 9.17) is 22.7 Å². The molecule has 1 heterocycles. The number of anilines is 2. The molecule has 0 aliphatic carbocycles. The number of thiocarbonyl (C=S) groups is 1. The number of ether oxygens (including phenoxy) is 1. The Kier molecular flexibility index (Phi) is 4.14. The van der Waals surface area contributed by atoms with Crippen LogP contribution in [0.25, 0.3) is 0 Å². The molecule has 0 fully saturated rings. The molecule has 2 aromatic rings. The van der Waals surface area contributed by atoms with Crippen LogP contribution in [0.2, 0.25) is 0 Å². The van der Waals surface area contributed by atoms with Crippen molar-refractivity contribution in [2.75, 3.05) is 12.4 Å². The van der Waals surface area contributed by atoms with Gasteiger partial charge in [-0.25, -0.2) is 9.97 Å². The molecule has 0 aliphatic heterocycles. The summed E-state index contributed by atoms with van der Waals surface area (Å²) in [7, 11) is 1.64. The molecule has 6 heteroatoms. The third-order valence-electron chi connectivity index (χ3n) is 2.79. The number of methoxy groups -OCH3 is 1.